The molecule has 3 nitrogen and oxygen atoms in total. The zero-order chi connectivity index (χ0) is 14.6. The lowest BCUT2D eigenvalue weighted by atomic mass is 10.1. The van der Waals surface area contributed by atoms with Crippen molar-refractivity contribution in [1.29, 1.82) is 0 Å². The van der Waals surface area contributed by atoms with Crippen LogP contribution in [0.4, 0.5) is 0 Å². The van der Waals surface area contributed by atoms with E-state index in [2.05, 4.69) is 28.9 Å². The summed E-state index contributed by atoms with van der Waals surface area (Å²) in [6.45, 7) is 8.86. The number of amides is 1. The van der Waals surface area contributed by atoms with Crippen molar-refractivity contribution in [2.75, 3.05) is 20.2 Å². The van der Waals surface area contributed by atoms with Crippen molar-refractivity contribution >= 4 is 21.8 Å². The van der Waals surface area contributed by atoms with Crippen LogP contribution in [0, 0.1) is 13.8 Å². The Morgan fingerprint density at radius 2 is 2.00 bits per heavy atom. The summed E-state index contributed by atoms with van der Waals surface area (Å²) >= 11 is 3.37. The molecule has 0 N–H and O–H groups in total. The molecule has 0 heterocycles. The highest BCUT2D eigenvalue weighted by atomic mass is 79.9. The molecule has 0 spiro atoms. The average molecular weight is 328 g/mol. The van der Waals surface area contributed by atoms with Crippen molar-refractivity contribution < 1.29 is 9.53 Å². The van der Waals surface area contributed by atoms with Gasteiger partial charge in [-0.15, -0.1) is 0 Å². The molecule has 0 aliphatic rings. The van der Waals surface area contributed by atoms with Crippen LogP contribution in [0.3, 0.4) is 0 Å². The summed E-state index contributed by atoms with van der Waals surface area (Å²) in [6.07, 6.45) is 0. The second-order valence-electron chi connectivity index (χ2n) is 5.25. The molecule has 0 saturated carbocycles. The van der Waals surface area contributed by atoms with Crippen LogP contribution < -0.4 is 4.74 Å². The number of aryl methyl sites for hydroxylation is 1. The minimum atomic E-state index is -0.527. The van der Waals surface area contributed by atoms with E-state index < -0.39 is 4.32 Å². The van der Waals surface area contributed by atoms with Crippen molar-refractivity contribution in [3.05, 3.63) is 29.3 Å². The normalized spacial score (nSPS) is 11.3. The van der Waals surface area contributed by atoms with Gasteiger partial charge in [0.25, 0.3) is 0 Å². The van der Waals surface area contributed by atoms with Gasteiger partial charge in [-0.3, -0.25) is 4.79 Å². The molecule has 1 amide bonds. The SMILES string of the molecule is Cc1cccc(OCCN(C)C(=O)C(C)(C)Br)c1C. The van der Waals surface area contributed by atoms with E-state index in [0.29, 0.717) is 13.2 Å². The second kappa shape index (κ2) is 6.42. The quantitative estimate of drug-likeness (QED) is 0.776. The zero-order valence-corrected chi connectivity index (χ0v) is 13.9. The van der Waals surface area contributed by atoms with E-state index in [-0.39, 0.29) is 5.91 Å². The topological polar surface area (TPSA) is 29.5 Å². The van der Waals surface area contributed by atoms with Gasteiger partial charge in [0.1, 0.15) is 12.4 Å². The van der Waals surface area contributed by atoms with Gasteiger partial charge in [0.2, 0.25) is 5.91 Å². The summed E-state index contributed by atoms with van der Waals surface area (Å²) in [7, 11) is 1.79. The first-order valence-corrected chi connectivity index (χ1v) is 7.16. The molecule has 19 heavy (non-hydrogen) atoms. The molecule has 0 radical (unpaired) electrons. The summed E-state index contributed by atoms with van der Waals surface area (Å²) in [6, 6.07) is 6.00. The van der Waals surface area contributed by atoms with Crippen LogP contribution in [0.15, 0.2) is 18.2 Å². The van der Waals surface area contributed by atoms with Crippen molar-refractivity contribution in [2.45, 2.75) is 32.0 Å². The summed E-state index contributed by atoms with van der Waals surface area (Å²) < 4.78 is 5.22. The number of nitrogens with zero attached hydrogens (tertiary/aromatic N) is 1. The Morgan fingerprint density at radius 1 is 1.37 bits per heavy atom. The third-order valence-electron chi connectivity index (χ3n) is 3.09. The lowest BCUT2D eigenvalue weighted by Crippen LogP contribution is -2.41. The lowest BCUT2D eigenvalue weighted by Gasteiger charge is -2.24. The van der Waals surface area contributed by atoms with E-state index in [1.807, 2.05) is 32.9 Å². The van der Waals surface area contributed by atoms with Gasteiger partial charge in [0.15, 0.2) is 0 Å². The molecule has 0 aliphatic carbocycles. The third-order valence-corrected chi connectivity index (χ3v) is 3.43. The first kappa shape index (κ1) is 16.0. The van der Waals surface area contributed by atoms with E-state index in [0.717, 1.165) is 11.3 Å². The molecule has 0 bridgehead atoms. The maximum Gasteiger partial charge on any atom is 0.238 e. The number of benzene rings is 1. The van der Waals surface area contributed by atoms with Gasteiger partial charge in [-0.25, -0.2) is 0 Å². The predicted molar refractivity (Wildman–Crippen MR) is 82.1 cm³/mol. The van der Waals surface area contributed by atoms with Crippen LogP contribution in [-0.2, 0) is 4.79 Å². The summed E-state index contributed by atoms with van der Waals surface area (Å²) in [5.41, 5.74) is 2.36. The van der Waals surface area contributed by atoms with Crippen LogP contribution >= 0.6 is 15.9 Å². The van der Waals surface area contributed by atoms with E-state index in [4.69, 9.17) is 4.74 Å². The van der Waals surface area contributed by atoms with Crippen LogP contribution in [0.5, 0.6) is 5.75 Å². The zero-order valence-electron chi connectivity index (χ0n) is 12.3. The fraction of sp³-hybridized carbons (Fsp3) is 0.533. The van der Waals surface area contributed by atoms with Gasteiger partial charge >= 0.3 is 0 Å². The fourth-order valence-corrected chi connectivity index (χ4v) is 2.03. The first-order chi connectivity index (χ1) is 8.73. The molecule has 106 valence electrons. The lowest BCUT2D eigenvalue weighted by molar-refractivity contribution is -0.131. The molecule has 0 atom stereocenters. The largest absolute Gasteiger partial charge is 0.491 e. The number of ether oxygens (including phenoxy) is 1. The van der Waals surface area contributed by atoms with Crippen molar-refractivity contribution in [3.63, 3.8) is 0 Å². The first-order valence-electron chi connectivity index (χ1n) is 6.37. The summed E-state index contributed by atoms with van der Waals surface area (Å²) in [4.78, 5) is 13.6. The molecule has 1 aromatic carbocycles. The highest BCUT2D eigenvalue weighted by Crippen LogP contribution is 2.21. The predicted octanol–water partition coefficient (Wildman–Crippen LogP) is 3.31. The monoisotopic (exact) mass is 327 g/mol. The number of hydrogen-bond donors (Lipinski definition) is 0. The number of likely N-dealkylation sites (N-methyl/N-ethyl adjacent to an activating group) is 1. The standard InChI is InChI=1S/C15H22BrNO2/c1-11-7-6-8-13(12(11)2)19-10-9-17(5)14(18)15(3,4)16/h6-8H,9-10H2,1-5H3. The average Bonchev–Trinajstić information content (AvgIpc) is 2.32. The molecule has 0 aliphatic heterocycles. The molecule has 4 heteroatoms. The van der Waals surface area contributed by atoms with Crippen molar-refractivity contribution in [1.82, 2.24) is 4.90 Å². The Bertz CT molecular complexity index is 452. The molecular formula is C15H22BrNO2. The number of alkyl halides is 1. The van der Waals surface area contributed by atoms with E-state index >= 15 is 0 Å². The molecule has 1 rings (SSSR count). The number of carbonyl (C=O) groups is 1. The maximum atomic E-state index is 12.0. The van der Waals surface area contributed by atoms with Gasteiger partial charge in [-0.2, -0.15) is 0 Å². The smallest absolute Gasteiger partial charge is 0.238 e. The Balaban J connectivity index is 2.51. The highest BCUT2D eigenvalue weighted by Gasteiger charge is 2.26. The van der Waals surface area contributed by atoms with Crippen LogP contribution in [0.2, 0.25) is 0 Å². The van der Waals surface area contributed by atoms with E-state index in [1.54, 1.807) is 11.9 Å². The number of rotatable bonds is 5. The molecular weight excluding hydrogens is 306 g/mol. The Hall–Kier alpha value is -1.03. The molecule has 0 saturated heterocycles. The van der Waals surface area contributed by atoms with Crippen LogP contribution in [0.1, 0.15) is 25.0 Å². The Kier molecular flexibility index (Phi) is 5.41. The van der Waals surface area contributed by atoms with Crippen LogP contribution in [-0.4, -0.2) is 35.3 Å². The summed E-state index contributed by atoms with van der Waals surface area (Å²) in [5.74, 6) is 0.941. The van der Waals surface area contributed by atoms with Crippen molar-refractivity contribution in [2.24, 2.45) is 0 Å². The molecule has 0 unspecified atom stereocenters. The van der Waals surface area contributed by atoms with Crippen LogP contribution in [0.25, 0.3) is 0 Å². The summed E-state index contributed by atoms with van der Waals surface area (Å²) in [5, 5.41) is 0. The Morgan fingerprint density at radius 3 is 2.58 bits per heavy atom. The van der Waals surface area contributed by atoms with Gasteiger partial charge in [0, 0.05) is 7.05 Å². The molecule has 0 fully saturated rings. The third kappa shape index (κ3) is 4.53. The fourth-order valence-electron chi connectivity index (χ4n) is 1.73. The minimum Gasteiger partial charge on any atom is -0.491 e. The van der Waals surface area contributed by atoms with E-state index in [1.165, 1.54) is 5.56 Å². The van der Waals surface area contributed by atoms with Gasteiger partial charge < -0.3 is 9.64 Å². The second-order valence-corrected chi connectivity index (χ2v) is 7.23. The number of hydrogen-bond acceptors (Lipinski definition) is 2. The highest BCUT2D eigenvalue weighted by molar-refractivity contribution is 9.10. The van der Waals surface area contributed by atoms with Gasteiger partial charge in [-0.1, -0.05) is 28.1 Å². The molecule has 0 aromatic heterocycles. The number of carbonyl (C=O) groups excluding carboxylic acids is 1. The van der Waals surface area contributed by atoms with Gasteiger partial charge in [0.05, 0.1) is 10.9 Å². The maximum absolute atomic E-state index is 12.0. The molecule has 1 aromatic rings. The Labute approximate surface area is 124 Å². The van der Waals surface area contributed by atoms with Crippen molar-refractivity contribution in [3.8, 4) is 5.75 Å². The number of halogens is 1. The van der Waals surface area contributed by atoms with E-state index in [9.17, 15) is 4.79 Å². The minimum absolute atomic E-state index is 0.0528. The van der Waals surface area contributed by atoms with Gasteiger partial charge in [-0.05, 0) is 44.9 Å².